The van der Waals surface area contributed by atoms with E-state index in [4.69, 9.17) is 5.11 Å². The van der Waals surface area contributed by atoms with Crippen molar-refractivity contribution in [3.63, 3.8) is 0 Å². The minimum Gasteiger partial charge on any atom is -0.481 e. The van der Waals surface area contributed by atoms with Crippen molar-refractivity contribution in [1.82, 2.24) is 4.72 Å². The van der Waals surface area contributed by atoms with Gasteiger partial charge in [0.15, 0.2) is 0 Å². The Morgan fingerprint density at radius 2 is 1.94 bits per heavy atom. The van der Waals surface area contributed by atoms with Crippen LogP contribution in [0.3, 0.4) is 0 Å². The zero-order valence-corrected chi connectivity index (χ0v) is 11.4. The Morgan fingerprint density at radius 3 is 2.44 bits per heavy atom. The van der Waals surface area contributed by atoms with Crippen LogP contribution >= 0.6 is 0 Å². The highest BCUT2D eigenvalue weighted by Gasteiger charge is 2.18. The van der Waals surface area contributed by atoms with Crippen molar-refractivity contribution >= 4 is 16.0 Å². The average Bonchev–Trinajstić information content (AvgIpc) is 2.29. The van der Waals surface area contributed by atoms with E-state index in [9.17, 15) is 13.2 Å². The van der Waals surface area contributed by atoms with E-state index in [0.717, 1.165) is 11.1 Å². The first-order valence-electron chi connectivity index (χ1n) is 5.54. The van der Waals surface area contributed by atoms with E-state index in [2.05, 4.69) is 4.72 Å². The molecule has 1 aromatic rings. The second-order valence-electron chi connectivity index (χ2n) is 4.34. The molecule has 6 heteroatoms. The fourth-order valence-corrected chi connectivity index (χ4v) is 2.50. The second-order valence-corrected chi connectivity index (χ2v) is 6.10. The highest BCUT2D eigenvalue weighted by Crippen LogP contribution is 2.14. The van der Waals surface area contributed by atoms with Gasteiger partial charge in [-0.1, -0.05) is 13.0 Å². The molecule has 0 amide bonds. The largest absolute Gasteiger partial charge is 0.481 e. The van der Waals surface area contributed by atoms with E-state index < -0.39 is 21.9 Å². The molecular weight excluding hydrogens is 254 g/mol. The van der Waals surface area contributed by atoms with E-state index >= 15 is 0 Å². The third-order valence-corrected chi connectivity index (χ3v) is 4.21. The summed E-state index contributed by atoms with van der Waals surface area (Å²) < 4.78 is 26.1. The van der Waals surface area contributed by atoms with Gasteiger partial charge in [0.2, 0.25) is 10.0 Å². The summed E-state index contributed by atoms with van der Waals surface area (Å²) in [6.45, 7) is 5.05. The molecule has 1 aromatic carbocycles. The molecule has 0 fully saturated rings. The number of rotatable bonds is 5. The second kappa shape index (κ2) is 5.49. The lowest BCUT2D eigenvalue weighted by atomic mass is 10.1. The molecular formula is C12H17NO4S. The van der Waals surface area contributed by atoms with Gasteiger partial charge in [-0.05, 0) is 37.1 Å². The number of nitrogens with one attached hydrogen (secondary N) is 1. The Hall–Kier alpha value is -1.40. The summed E-state index contributed by atoms with van der Waals surface area (Å²) in [5, 5.41) is 8.70. The van der Waals surface area contributed by atoms with Gasteiger partial charge in [0.05, 0.1) is 10.8 Å². The Morgan fingerprint density at radius 1 is 1.33 bits per heavy atom. The Balaban J connectivity index is 2.87. The molecule has 18 heavy (non-hydrogen) atoms. The van der Waals surface area contributed by atoms with E-state index in [1.54, 1.807) is 12.1 Å². The zero-order chi connectivity index (χ0) is 13.9. The molecule has 2 N–H and O–H groups in total. The maximum absolute atomic E-state index is 11.9. The summed E-state index contributed by atoms with van der Waals surface area (Å²) in [5.74, 6) is -1.79. The van der Waals surface area contributed by atoms with E-state index in [1.807, 2.05) is 13.8 Å². The number of benzene rings is 1. The van der Waals surface area contributed by atoms with Gasteiger partial charge in [-0.3, -0.25) is 4.79 Å². The highest BCUT2D eigenvalue weighted by atomic mass is 32.2. The van der Waals surface area contributed by atoms with Gasteiger partial charge < -0.3 is 5.11 Å². The van der Waals surface area contributed by atoms with Crippen molar-refractivity contribution in [2.45, 2.75) is 25.7 Å². The Labute approximate surface area is 107 Å². The van der Waals surface area contributed by atoms with Gasteiger partial charge in [-0.2, -0.15) is 0 Å². The molecule has 5 nitrogen and oxygen atoms in total. The van der Waals surface area contributed by atoms with Crippen LogP contribution in [0.1, 0.15) is 18.1 Å². The lowest BCUT2D eigenvalue weighted by Crippen LogP contribution is -2.31. The van der Waals surface area contributed by atoms with Crippen LogP contribution in [0.4, 0.5) is 0 Å². The van der Waals surface area contributed by atoms with Crippen LogP contribution in [0.2, 0.25) is 0 Å². The lowest BCUT2D eigenvalue weighted by Gasteiger charge is -2.10. The molecule has 0 aromatic heterocycles. The SMILES string of the molecule is Cc1ccc(S(=O)(=O)NCC(C)C(=O)O)cc1C. The summed E-state index contributed by atoms with van der Waals surface area (Å²) >= 11 is 0. The first-order chi connectivity index (χ1) is 8.24. The fraction of sp³-hybridized carbons (Fsp3) is 0.417. The summed E-state index contributed by atoms with van der Waals surface area (Å²) in [5.41, 5.74) is 1.89. The molecule has 1 rings (SSSR count). The average molecular weight is 271 g/mol. The molecule has 100 valence electrons. The normalized spacial score (nSPS) is 13.3. The Bertz CT molecular complexity index is 551. The third kappa shape index (κ3) is 3.54. The number of aryl methyl sites for hydroxylation is 2. The number of carboxylic acids is 1. The van der Waals surface area contributed by atoms with Gasteiger partial charge in [0.25, 0.3) is 0 Å². The molecule has 0 heterocycles. The number of hydrogen-bond donors (Lipinski definition) is 2. The van der Waals surface area contributed by atoms with Gasteiger partial charge in [-0.15, -0.1) is 0 Å². The summed E-state index contributed by atoms with van der Waals surface area (Å²) in [6, 6.07) is 4.81. The number of aliphatic carboxylic acids is 1. The molecule has 0 spiro atoms. The number of hydrogen-bond acceptors (Lipinski definition) is 3. The monoisotopic (exact) mass is 271 g/mol. The number of carbonyl (C=O) groups is 1. The van der Waals surface area contributed by atoms with Gasteiger partial charge in [0, 0.05) is 6.54 Å². The van der Waals surface area contributed by atoms with Crippen LogP contribution in [0.15, 0.2) is 23.1 Å². The molecule has 0 aliphatic rings. The van der Waals surface area contributed by atoms with Crippen LogP contribution in [-0.4, -0.2) is 26.0 Å². The standard InChI is InChI=1S/C12H17NO4S/c1-8-4-5-11(6-9(8)2)18(16,17)13-7-10(3)12(14)15/h4-6,10,13H,7H2,1-3H3,(H,14,15). The molecule has 1 unspecified atom stereocenters. The number of sulfonamides is 1. The van der Waals surface area contributed by atoms with Crippen molar-refractivity contribution in [3.05, 3.63) is 29.3 Å². The maximum Gasteiger partial charge on any atom is 0.307 e. The fourth-order valence-electron chi connectivity index (χ4n) is 1.29. The predicted molar refractivity (Wildman–Crippen MR) is 67.9 cm³/mol. The van der Waals surface area contributed by atoms with Crippen molar-refractivity contribution in [1.29, 1.82) is 0 Å². The van der Waals surface area contributed by atoms with Gasteiger partial charge in [-0.25, -0.2) is 13.1 Å². The molecule has 0 radical (unpaired) electrons. The van der Waals surface area contributed by atoms with E-state index in [0.29, 0.717) is 0 Å². The Kier molecular flexibility index (Phi) is 4.48. The summed E-state index contributed by atoms with van der Waals surface area (Å²) in [6.07, 6.45) is 0. The van der Waals surface area contributed by atoms with Crippen LogP contribution in [0.25, 0.3) is 0 Å². The number of carboxylic acid groups (broad SMARTS) is 1. The van der Waals surface area contributed by atoms with Crippen LogP contribution in [0, 0.1) is 19.8 Å². The highest BCUT2D eigenvalue weighted by molar-refractivity contribution is 7.89. The van der Waals surface area contributed by atoms with Crippen LogP contribution in [-0.2, 0) is 14.8 Å². The summed E-state index contributed by atoms with van der Waals surface area (Å²) in [4.78, 5) is 10.8. The van der Waals surface area contributed by atoms with Crippen molar-refractivity contribution < 1.29 is 18.3 Å². The smallest absolute Gasteiger partial charge is 0.307 e. The quantitative estimate of drug-likeness (QED) is 0.845. The van der Waals surface area contributed by atoms with E-state index in [1.165, 1.54) is 13.0 Å². The van der Waals surface area contributed by atoms with Crippen molar-refractivity contribution in [2.24, 2.45) is 5.92 Å². The molecule has 0 saturated heterocycles. The van der Waals surface area contributed by atoms with Crippen LogP contribution in [0.5, 0.6) is 0 Å². The first-order valence-corrected chi connectivity index (χ1v) is 7.02. The van der Waals surface area contributed by atoms with Gasteiger partial charge in [0.1, 0.15) is 0 Å². The molecule has 0 aliphatic heterocycles. The summed E-state index contributed by atoms with van der Waals surface area (Å²) in [7, 11) is -3.64. The van der Waals surface area contributed by atoms with Crippen LogP contribution < -0.4 is 4.72 Å². The van der Waals surface area contributed by atoms with Crippen molar-refractivity contribution in [3.8, 4) is 0 Å². The first kappa shape index (κ1) is 14.7. The minimum atomic E-state index is -3.64. The zero-order valence-electron chi connectivity index (χ0n) is 10.6. The maximum atomic E-state index is 11.9. The molecule has 0 aliphatic carbocycles. The minimum absolute atomic E-state index is 0.120. The third-order valence-electron chi connectivity index (χ3n) is 2.79. The van der Waals surface area contributed by atoms with Crippen molar-refractivity contribution in [2.75, 3.05) is 6.54 Å². The topological polar surface area (TPSA) is 83.5 Å². The molecule has 1 atom stereocenters. The van der Waals surface area contributed by atoms with Gasteiger partial charge >= 0.3 is 5.97 Å². The lowest BCUT2D eigenvalue weighted by molar-refractivity contribution is -0.140. The van der Waals surface area contributed by atoms with E-state index in [-0.39, 0.29) is 11.4 Å². The molecule has 0 saturated carbocycles. The predicted octanol–water partition coefficient (Wildman–Crippen LogP) is 1.30. The molecule has 0 bridgehead atoms.